The van der Waals surface area contributed by atoms with Crippen LogP contribution in [0.15, 0.2) is 29.8 Å². The molecular weight excluding hydrogens is 286 g/mol. The van der Waals surface area contributed by atoms with Gasteiger partial charge in [0, 0.05) is 11.4 Å². The Labute approximate surface area is 126 Å². The molecule has 6 nitrogen and oxygen atoms in total. The number of aryl methyl sites for hydroxylation is 1. The van der Waals surface area contributed by atoms with Gasteiger partial charge < -0.3 is 4.74 Å². The highest BCUT2D eigenvalue weighted by atomic mass is 32.1. The van der Waals surface area contributed by atoms with E-state index in [1.54, 1.807) is 29.2 Å². The third-order valence-corrected chi connectivity index (χ3v) is 4.00. The van der Waals surface area contributed by atoms with Gasteiger partial charge in [-0.15, -0.1) is 16.4 Å². The van der Waals surface area contributed by atoms with Crippen molar-refractivity contribution in [1.29, 1.82) is 0 Å². The summed E-state index contributed by atoms with van der Waals surface area (Å²) in [6.45, 7) is 2.72. The second-order valence-electron chi connectivity index (χ2n) is 4.45. The van der Waals surface area contributed by atoms with Gasteiger partial charge in [-0.1, -0.05) is 18.2 Å². The second-order valence-corrected chi connectivity index (χ2v) is 5.40. The lowest BCUT2D eigenvalue weighted by atomic mass is 10.3. The van der Waals surface area contributed by atoms with Gasteiger partial charge in [0.1, 0.15) is 5.69 Å². The van der Waals surface area contributed by atoms with E-state index in [-0.39, 0.29) is 0 Å². The maximum absolute atomic E-state index is 5.12. The first-order valence-corrected chi connectivity index (χ1v) is 7.51. The van der Waals surface area contributed by atoms with Crippen molar-refractivity contribution in [2.45, 2.75) is 19.9 Å². The standard InChI is InChI=1S/C14H15N5OS/c1-3-14-15-10(9-21-14)7-19-8-12(17-18-19)11-5-4-6-13(16-11)20-2/h4-6,8-9H,3,7H2,1-2H3. The van der Waals surface area contributed by atoms with E-state index < -0.39 is 0 Å². The minimum atomic E-state index is 0.564. The van der Waals surface area contributed by atoms with Crippen LogP contribution in [0.5, 0.6) is 5.88 Å². The Kier molecular flexibility index (Phi) is 3.92. The molecule has 108 valence electrons. The molecule has 0 unspecified atom stereocenters. The zero-order chi connectivity index (χ0) is 14.7. The van der Waals surface area contributed by atoms with Gasteiger partial charge in [0.15, 0.2) is 0 Å². The fourth-order valence-electron chi connectivity index (χ4n) is 1.91. The summed E-state index contributed by atoms with van der Waals surface area (Å²) < 4.78 is 6.89. The van der Waals surface area contributed by atoms with Crippen molar-refractivity contribution in [3.63, 3.8) is 0 Å². The van der Waals surface area contributed by atoms with Gasteiger partial charge in [-0.25, -0.2) is 14.6 Å². The molecule has 0 aliphatic carbocycles. The average molecular weight is 301 g/mol. The lowest BCUT2D eigenvalue weighted by molar-refractivity contribution is 0.398. The van der Waals surface area contributed by atoms with Gasteiger partial charge in [0.2, 0.25) is 5.88 Å². The van der Waals surface area contributed by atoms with E-state index in [2.05, 4.69) is 32.6 Å². The normalized spacial score (nSPS) is 10.8. The molecule has 21 heavy (non-hydrogen) atoms. The number of ether oxygens (including phenoxy) is 1. The van der Waals surface area contributed by atoms with E-state index in [0.717, 1.165) is 28.5 Å². The minimum Gasteiger partial charge on any atom is -0.481 e. The summed E-state index contributed by atoms with van der Waals surface area (Å²) in [6.07, 6.45) is 2.83. The smallest absolute Gasteiger partial charge is 0.213 e. The monoisotopic (exact) mass is 301 g/mol. The van der Waals surface area contributed by atoms with Crippen molar-refractivity contribution in [3.05, 3.63) is 40.5 Å². The maximum Gasteiger partial charge on any atom is 0.213 e. The van der Waals surface area contributed by atoms with Crippen LogP contribution in [-0.4, -0.2) is 32.1 Å². The van der Waals surface area contributed by atoms with E-state index >= 15 is 0 Å². The van der Waals surface area contributed by atoms with Gasteiger partial charge in [0.05, 0.1) is 36.2 Å². The quantitative estimate of drug-likeness (QED) is 0.724. The van der Waals surface area contributed by atoms with Crippen molar-refractivity contribution < 1.29 is 4.74 Å². The molecule has 0 saturated carbocycles. The van der Waals surface area contributed by atoms with Gasteiger partial charge in [0.25, 0.3) is 0 Å². The van der Waals surface area contributed by atoms with Gasteiger partial charge in [-0.2, -0.15) is 0 Å². The molecule has 3 rings (SSSR count). The molecule has 0 fully saturated rings. The fourth-order valence-corrected chi connectivity index (χ4v) is 2.65. The fraction of sp³-hybridized carbons (Fsp3) is 0.286. The summed E-state index contributed by atoms with van der Waals surface area (Å²) in [5, 5.41) is 11.5. The lowest BCUT2D eigenvalue weighted by Crippen LogP contribution is -2.00. The van der Waals surface area contributed by atoms with Crippen molar-refractivity contribution >= 4 is 11.3 Å². The van der Waals surface area contributed by atoms with Crippen molar-refractivity contribution in [2.24, 2.45) is 0 Å². The Morgan fingerprint density at radius 3 is 2.90 bits per heavy atom. The molecule has 0 aliphatic rings. The molecule has 0 amide bonds. The molecule has 0 N–H and O–H groups in total. The van der Waals surface area contributed by atoms with Crippen LogP contribution in [0.25, 0.3) is 11.4 Å². The molecule has 0 aromatic carbocycles. The number of hydrogen-bond donors (Lipinski definition) is 0. The third-order valence-electron chi connectivity index (χ3n) is 2.96. The van der Waals surface area contributed by atoms with E-state index in [4.69, 9.17) is 4.74 Å². The first-order valence-electron chi connectivity index (χ1n) is 6.63. The molecule has 7 heteroatoms. The van der Waals surface area contributed by atoms with Gasteiger partial charge in [-0.05, 0) is 12.5 Å². The highest BCUT2D eigenvalue weighted by molar-refractivity contribution is 7.09. The average Bonchev–Trinajstić information content (AvgIpc) is 3.17. The van der Waals surface area contributed by atoms with E-state index in [1.165, 1.54) is 0 Å². The van der Waals surface area contributed by atoms with Crippen LogP contribution >= 0.6 is 11.3 Å². The number of hydrogen-bond acceptors (Lipinski definition) is 6. The van der Waals surface area contributed by atoms with Crippen molar-refractivity contribution in [2.75, 3.05) is 7.11 Å². The maximum atomic E-state index is 5.12. The number of nitrogens with zero attached hydrogens (tertiary/aromatic N) is 5. The molecule has 0 atom stereocenters. The largest absolute Gasteiger partial charge is 0.481 e. The Balaban J connectivity index is 1.79. The summed E-state index contributed by atoms with van der Waals surface area (Å²) >= 11 is 1.68. The van der Waals surface area contributed by atoms with Crippen LogP contribution in [0, 0.1) is 0 Å². The Hall–Kier alpha value is -2.28. The lowest BCUT2D eigenvalue weighted by Gasteiger charge is -1.99. The molecule has 0 saturated heterocycles. The topological polar surface area (TPSA) is 65.7 Å². The SMILES string of the molecule is CCc1nc(Cn2cc(-c3cccc(OC)n3)nn2)cs1. The van der Waals surface area contributed by atoms with E-state index in [0.29, 0.717) is 12.4 Å². The van der Waals surface area contributed by atoms with Gasteiger partial charge >= 0.3 is 0 Å². The summed E-state index contributed by atoms with van der Waals surface area (Å²) in [6, 6.07) is 5.57. The highest BCUT2D eigenvalue weighted by Gasteiger charge is 2.08. The zero-order valence-corrected chi connectivity index (χ0v) is 12.7. The predicted molar refractivity (Wildman–Crippen MR) is 80.4 cm³/mol. The van der Waals surface area contributed by atoms with Crippen LogP contribution in [-0.2, 0) is 13.0 Å². The second kappa shape index (κ2) is 6.01. The van der Waals surface area contributed by atoms with Crippen LogP contribution in [0.4, 0.5) is 0 Å². The number of pyridine rings is 1. The predicted octanol–water partition coefficient (Wildman–Crippen LogP) is 2.42. The minimum absolute atomic E-state index is 0.564. The summed E-state index contributed by atoms with van der Waals surface area (Å²) in [5.74, 6) is 0.564. The summed E-state index contributed by atoms with van der Waals surface area (Å²) in [7, 11) is 1.59. The molecule has 0 radical (unpaired) electrons. The number of methoxy groups -OCH3 is 1. The zero-order valence-electron chi connectivity index (χ0n) is 11.9. The highest BCUT2D eigenvalue weighted by Crippen LogP contribution is 2.17. The number of thiazole rings is 1. The Morgan fingerprint density at radius 1 is 1.24 bits per heavy atom. The van der Waals surface area contributed by atoms with Crippen molar-refractivity contribution in [1.82, 2.24) is 25.0 Å². The summed E-state index contributed by atoms with van der Waals surface area (Å²) in [5.41, 5.74) is 2.47. The molecule has 3 aromatic heterocycles. The Bertz CT molecular complexity index is 736. The van der Waals surface area contributed by atoms with Crippen LogP contribution in [0.2, 0.25) is 0 Å². The first kappa shape index (κ1) is 13.7. The molecular formula is C14H15N5OS. The van der Waals surface area contributed by atoms with Crippen LogP contribution in [0.3, 0.4) is 0 Å². The van der Waals surface area contributed by atoms with Crippen LogP contribution < -0.4 is 4.74 Å². The molecule has 0 bridgehead atoms. The first-order chi connectivity index (χ1) is 10.3. The molecule has 0 aliphatic heterocycles. The Morgan fingerprint density at radius 2 is 2.14 bits per heavy atom. The number of aromatic nitrogens is 5. The van der Waals surface area contributed by atoms with E-state index in [1.807, 2.05) is 18.3 Å². The number of rotatable bonds is 5. The van der Waals surface area contributed by atoms with E-state index in [9.17, 15) is 0 Å². The third kappa shape index (κ3) is 3.08. The van der Waals surface area contributed by atoms with Crippen LogP contribution in [0.1, 0.15) is 17.6 Å². The molecule has 3 heterocycles. The van der Waals surface area contributed by atoms with Gasteiger partial charge in [-0.3, -0.25) is 0 Å². The summed E-state index contributed by atoms with van der Waals surface area (Å²) in [4.78, 5) is 8.88. The molecule has 3 aromatic rings. The molecule has 0 spiro atoms. The van der Waals surface area contributed by atoms with Crippen molar-refractivity contribution in [3.8, 4) is 17.3 Å².